The minimum Gasteiger partial charge on any atom is -0.479 e. The van der Waals surface area contributed by atoms with Gasteiger partial charge in [-0.1, -0.05) is 233 Å². The number of esters is 3. The molecule has 12 heteroatoms. The second kappa shape index (κ2) is 57.8. The maximum atomic E-state index is 13.2. The fraction of sp³-hybridized carbons (Fsp3) is 0.690. The molecular weight excluding hydrogens is 1040 g/mol. The first kappa shape index (κ1) is 76.4. The second-order valence-electron chi connectivity index (χ2n) is 22.0. The van der Waals surface area contributed by atoms with Gasteiger partial charge in [0.2, 0.25) is 0 Å². The Kier molecular flexibility index (Phi) is 53.2. The van der Waals surface area contributed by atoms with Crippen molar-refractivity contribution in [3.05, 3.63) is 109 Å². The number of carboxylic acid groups (broad SMARTS) is 1. The summed E-state index contributed by atoms with van der Waals surface area (Å²) in [5.74, 6) is -3.16. The van der Waals surface area contributed by atoms with Gasteiger partial charge in [0, 0.05) is 19.3 Å². The Labute approximate surface area is 504 Å². The summed E-state index contributed by atoms with van der Waals surface area (Å²) in [5.41, 5.74) is 0. The van der Waals surface area contributed by atoms with Crippen LogP contribution in [0.2, 0.25) is 0 Å². The third kappa shape index (κ3) is 47.3. The first-order valence-corrected chi connectivity index (χ1v) is 32.9. The molecule has 0 bridgehead atoms. The summed E-state index contributed by atoms with van der Waals surface area (Å²) >= 11 is 0. The van der Waals surface area contributed by atoms with E-state index in [0.717, 1.165) is 173 Å². The number of hydrogen-bond donors (Lipinski definition) is 3. The number of aliphatic hydroxyl groups is 2. The molecule has 83 heavy (non-hydrogen) atoms. The summed E-state index contributed by atoms with van der Waals surface area (Å²) in [6, 6.07) is 0. The van der Waals surface area contributed by atoms with Crippen LogP contribution in [0.5, 0.6) is 0 Å². The minimum absolute atomic E-state index is 0.0376. The highest BCUT2D eigenvalue weighted by Gasteiger charge is 2.50. The molecule has 1 rings (SSSR count). The maximum Gasteiger partial charge on any atom is 0.335 e. The van der Waals surface area contributed by atoms with Crippen molar-refractivity contribution in [1.82, 2.24) is 0 Å². The molecule has 0 aromatic rings. The van der Waals surface area contributed by atoms with E-state index < -0.39 is 67.3 Å². The summed E-state index contributed by atoms with van der Waals surface area (Å²) in [6.07, 6.45) is 66.0. The van der Waals surface area contributed by atoms with Gasteiger partial charge < -0.3 is 39.0 Å². The minimum atomic E-state index is -1.92. The third-order valence-electron chi connectivity index (χ3n) is 14.3. The number of aliphatic carboxylic acids is 1. The molecule has 1 saturated heterocycles. The van der Waals surface area contributed by atoms with Crippen LogP contribution < -0.4 is 0 Å². The van der Waals surface area contributed by atoms with Gasteiger partial charge >= 0.3 is 23.9 Å². The van der Waals surface area contributed by atoms with Gasteiger partial charge in [0.05, 0.1) is 6.61 Å². The number of allylic oxidation sites excluding steroid dienone is 18. The quantitative estimate of drug-likeness (QED) is 0.0228. The highest BCUT2D eigenvalue weighted by Crippen LogP contribution is 2.26. The lowest BCUT2D eigenvalue weighted by atomic mass is 9.98. The van der Waals surface area contributed by atoms with Crippen LogP contribution in [0.25, 0.3) is 0 Å². The van der Waals surface area contributed by atoms with Crippen LogP contribution in [0, 0.1) is 0 Å². The Morgan fingerprint density at radius 3 is 1.16 bits per heavy atom. The monoisotopic (exact) mass is 1160 g/mol. The van der Waals surface area contributed by atoms with E-state index in [9.17, 15) is 34.5 Å². The lowest BCUT2D eigenvalue weighted by Gasteiger charge is -2.40. The molecule has 0 radical (unpaired) electrons. The van der Waals surface area contributed by atoms with Crippen molar-refractivity contribution in [1.29, 1.82) is 0 Å². The molecule has 0 aliphatic carbocycles. The number of carboxylic acids is 1. The van der Waals surface area contributed by atoms with E-state index in [2.05, 4.69) is 130 Å². The molecule has 1 heterocycles. The predicted molar refractivity (Wildman–Crippen MR) is 340 cm³/mol. The Balaban J connectivity index is 2.68. The summed E-state index contributed by atoms with van der Waals surface area (Å²) in [7, 11) is 0. The van der Waals surface area contributed by atoms with E-state index >= 15 is 0 Å². The molecule has 6 atom stereocenters. The largest absolute Gasteiger partial charge is 0.479 e. The third-order valence-corrected chi connectivity index (χ3v) is 14.3. The normalized spacial score (nSPS) is 18.3. The Bertz CT molecular complexity index is 1860. The van der Waals surface area contributed by atoms with Crippen LogP contribution in [0.1, 0.15) is 265 Å². The van der Waals surface area contributed by atoms with Gasteiger partial charge in [0.25, 0.3) is 0 Å². The van der Waals surface area contributed by atoms with Crippen molar-refractivity contribution in [2.75, 3.05) is 13.2 Å². The lowest BCUT2D eigenvalue weighted by Crippen LogP contribution is -2.61. The second-order valence-corrected chi connectivity index (χ2v) is 22.0. The number of carbonyl (C=O) groups is 4. The average molecular weight is 1160 g/mol. The number of aliphatic hydroxyl groups excluding tert-OH is 2. The van der Waals surface area contributed by atoms with Crippen LogP contribution >= 0.6 is 0 Å². The first-order valence-electron chi connectivity index (χ1n) is 32.9. The maximum absolute atomic E-state index is 13.2. The average Bonchev–Trinajstić information content (AvgIpc) is 3.55. The van der Waals surface area contributed by atoms with Crippen molar-refractivity contribution in [2.45, 2.75) is 302 Å². The standard InChI is InChI=1S/C71H116O12/c1-4-7-10-13-16-19-22-25-28-31-32-35-38-41-44-47-50-53-56-59-65(74)82-69-67(76)66(75)68(70(77)78)83-71(69)80-61-62(81-64(73)58-55-52-49-46-43-40-37-34-30-27-24-21-18-15-12-9-6-3)60-79-63(72)57-54-51-48-45-42-39-36-33-29-26-23-20-17-14-11-8-5-2/h7-8,10-11,16-21,25-30,32,35,62,66-69,71,75-76H,4-6,9,12-15,22-24,31,33-34,36-61H2,1-3H3,(H,77,78)/b10-7-,11-8-,19-16-,20-17-,21-18-,28-25-,29-26-,30-27-,35-32-. The topological polar surface area (TPSA) is 175 Å². The fourth-order valence-corrected chi connectivity index (χ4v) is 9.34. The van der Waals surface area contributed by atoms with Crippen LogP contribution in [0.15, 0.2) is 109 Å². The molecule has 0 spiro atoms. The fourth-order valence-electron chi connectivity index (χ4n) is 9.34. The molecule has 1 aliphatic heterocycles. The predicted octanol–water partition coefficient (Wildman–Crippen LogP) is 17.8. The highest BCUT2D eigenvalue weighted by atomic mass is 16.7. The SMILES string of the molecule is CC/C=C\C/C=C\C/C=C\C/C=C\CCCCCCCCC(=O)OC1C(OCC(COC(=O)CCCCCCCCC/C=C\C/C=C\C/C=C\CC)OC(=O)CCCCCCCCC/C=C\C/C=C\CCCCC)OC(C(=O)O)C(O)C1O. The molecule has 0 aromatic heterocycles. The summed E-state index contributed by atoms with van der Waals surface area (Å²) < 4.78 is 28.5. The molecule has 0 amide bonds. The van der Waals surface area contributed by atoms with Crippen molar-refractivity contribution < 1.29 is 58.2 Å². The number of rotatable bonds is 55. The van der Waals surface area contributed by atoms with Crippen molar-refractivity contribution in [3.63, 3.8) is 0 Å². The van der Waals surface area contributed by atoms with Gasteiger partial charge in [0.1, 0.15) is 18.8 Å². The zero-order chi connectivity index (χ0) is 60.3. The zero-order valence-electron chi connectivity index (χ0n) is 52.2. The Morgan fingerprint density at radius 2 is 0.759 bits per heavy atom. The van der Waals surface area contributed by atoms with E-state index in [1.54, 1.807) is 0 Å². The molecule has 12 nitrogen and oxygen atoms in total. The van der Waals surface area contributed by atoms with E-state index in [1.165, 1.54) is 32.1 Å². The van der Waals surface area contributed by atoms with Crippen LogP contribution in [0.4, 0.5) is 0 Å². The van der Waals surface area contributed by atoms with Crippen molar-refractivity contribution >= 4 is 23.9 Å². The van der Waals surface area contributed by atoms with Crippen molar-refractivity contribution in [2.24, 2.45) is 0 Å². The molecule has 6 unspecified atom stereocenters. The smallest absolute Gasteiger partial charge is 0.335 e. The van der Waals surface area contributed by atoms with E-state index in [1.807, 2.05) is 0 Å². The summed E-state index contributed by atoms with van der Waals surface area (Å²) in [5, 5.41) is 31.6. The molecular formula is C71H116O12. The molecule has 3 N–H and O–H groups in total. The highest BCUT2D eigenvalue weighted by molar-refractivity contribution is 5.74. The van der Waals surface area contributed by atoms with Crippen molar-refractivity contribution in [3.8, 4) is 0 Å². The van der Waals surface area contributed by atoms with Crippen LogP contribution in [-0.4, -0.2) is 89.2 Å². The van der Waals surface area contributed by atoms with Crippen LogP contribution in [-0.2, 0) is 42.9 Å². The van der Waals surface area contributed by atoms with Crippen LogP contribution in [0.3, 0.4) is 0 Å². The lowest BCUT2D eigenvalue weighted by molar-refractivity contribution is -0.301. The van der Waals surface area contributed by atoms with Gasteiger partial charge in [-0.3, -0.25) is 14.4 Å². The van der Waals surface area contributed by atoms with Gasteiger partial charge in [-0.15, -0.1) is 0 Å². The number of unbranched alkanes of at least 4 members (excludes halogenated alkanes) is 23. The van der Waals surface area contributed by atoms with E-state index in [-0.39, 0.29) is 25.9 Å². The number of carbonyl (C=O) groups excluding carboxylic acids is 3. The molecule has 1 aliphatic rings. The van der Waals surface area contributed by atoms with E-state index in [4.69, 9.17) is 23.7 Å². The molecule has 0 aromatic carbocycles. The molecule has 0 saturated carbocycles. The number of hydrogen-bond acceptors (Lipinski definition) is 11. The molecule has 472 valence electrons. The summed E-state index contributed by atoms with van der Waals surface area (Å²) in [4.78, 5) is 51.4. The van der Waals surface area contributed by atoms with Gasteiger partial charge in [-0.25, -0.2) is 4.79 Å². The Morgan fingerprint density at radius 1 is 0.410 bits per heavy atom. The van der Waals surface area contributed by atoms with Gasteiger partial charge in [-0.2, -0.15) is 0 Å². The molecule has 1 fully saturated rings. The Hall–Kier alpha value is -4.62. The van der Waals surface area contributed by atoms with E-state index in [0.29, 0.717) is 19.3 Å². The first-order chi connectivity index (χ1) is 40.6. The summed E-state index contributed by atoms with van der Waals surface area (Å²) in [6.45, 7) is 5.75. The van der Waals surface area contributed by atoms with Gasteiger partial charge in [-0.05, 0) is 122 Å². The number of ether oxygens (including phenoxy) is 5. The van der Waals surface area contributed by atoms with Gasteiger partial charge in [0.15, 0.2) is 24.6 Å². The zero-order valence-corrected chi connectivity index (χ0v) is 52.2.